The maximum atomic E-state index is 9.61. The Kier molecular flexibility index (Phi) is 3.10. The van der Waals surface area contributed by atoms with Crippen molar-refractivity contribution in [1.82, 2.24) is 0 Å². The van der Waals surface area contributed by atoms with E-state index in [1.807, 2.05) is 19.1 Å². The molecule has 0 saturated carbocycles. The summed E-state index contributed by atoms with van der Waals surface area (Å²) >= 11 is 0. The molecule has 0 amide bonds. The molecule has 0 fully saturated rings. The van der Waals surface area contributed by atoms with Gasteiger partial charge in [0.15, 0.2) is 0 Å². The molecule has 2 N–H and O–H groups in total. The van der Waals surface area contributed by atoms with Crippen molar-refractivity contribution in [3.8, 4) is 11.5 Å². The van der Waals surface area contributed by atoms with Crippen LogP contribution >= 0.6 is 0 Å². The predicted molar refractivity (Wildman–Crippen MR) is 68.2 cm³/mol. The topological polar surface area (TPSA) is 52.8 Å². The summed E-state index contributed by atoms with van der Waals surface area (Å²) in [6.45, 7) is 1.93. The summed E-state index contributed by atoms with van der Waals surface area (Å²) in [7, 11) is 0. The molecule has 0 aliphatic heterocycles. The molecule has 0 saturated heterocycles. The van der Waals surface area contributed by atoms with Crippen LogP contribution in [0.4, 0.5) is 5.69 Å². The van der Waals surface area contributed by atoms with E-state index < -0.39 is 0 Å². The quantitative estimate of drug-likeness (QED) is 0.774. The molecule has 0 heterocycles. The molecule has 0 spiro atoms. The first-order valence-corrected chi connectivity index (χ1v) is 5.28. The van der Waals surface area contributed by atoms with E-state index >= 15 is 0 Å². The SMILES string of the molecule is Cc1ccc(O)c(N=Cc2ccccc2O)c1. The fraction of sp³-hybridized carbons (Fsp3) is 0.0714. The van der Waals surface area contributed by atoms with Gasteiger partial charge in [-0.1, -0.05) is 18.2 Å². The molecule has 17 heavy (non-hydrogen) atoms. The zero-order chi connectivity index (χ0) is 12.3. The van der Waals surface area contributed by atoms with Gasteiger partial charge < -0.3 is 10.2 Å². The van der Waals surface area contributed by atoms with E-state index in [0.29, 0.717) is 11.3 Å². The highest BCUT2D eigenvalue weighted by molar-refractivity contribution is 5.85. The lowest BCUT2D eigenvalue weighted by Gasteiger charge is -2.01. The van der Waals surface area contributed by atoms with Gasteiger partial charge in [0.25, 0.3) is 0 Å². The third-order valence-corrected chi connectivity index (χ3v) is 2.41. The maximum absolute atomic E-state index is 9.61. The first-order valence-electron chi connectivity index (χ1n) is 5.28. The molecular formula is C14H13NO2. The van der Waals surface area contributed by atoms with E-state index in [0.717, 1.165) is 5.56 Å². The summed E-state index contributed by atoms with van der Waals surface area (Å²) in [4.78, 5) is 4.16. The highest BCUT2D eigenvalue weighted by atomic mass is 16.3. The summed E-state index contributed by atoms with van der Waals surface area (Å²) in [6, 6.07) is 12.1. The minimum Gasteiger partial charge on any atom is -0.507 e. The molecule has 0 aliphatic rings. The van der Waals surface area contributed by atoms with Crippen LogP contribution < -0.4 is 0 Å². The third kappa shape index (κ3) is 2.64. The Labute approximate surface area is 99.7 Å². The van der Waals surface area contributed by atoms with Gasteiger partial charge in [0, 0.05) is 11.8 Å². The number of aromatic hydroxyl groups is 2. The molecule has 3 heteroatoms. The Morgan fingerprint density at radius 2 is 1.76 bits per heavy atom. The second kappa shape index (κ2) is 4.70. The number of hydrogen-bond acceptors (Lipinski definition) is 3. The molecule has 0 radical (unpaired) electrons. The van der Waals surface area contributed by atoms with E-state index in [9.17, 15) is 10.2 Å². The molecule has 0 unspecified atom stereocenters. The number of nitrogens with zero attached hydrogens (tertiary/aromatic N) is 1. The number of phenols is 2. The number of phenolic OH excluding ortho intramolecular Hbond substituents is 2. The number of aliphatic imine (C=N–C) groups is 1. The second-order valence-electron chi connectivity index (χ2n) is 3.81. The summed E-state index contributed by atoms with van der Waals surface area (Å²) in [5, 5.41) is 19.2. The van der Waals surface area contributed by atoms with Crippen LogP contribution in [0, 0.1) is 6.92 Å². The van der Waals surface area contributed by atoms with Crippen LogP contribution in [0.25, 0.3) is 0 Å². The summed E-state index contributed by atoms with van der Waals surface area (Å²) in [6.07, 6.45) is 1.53. The van der Waals surface area contributed by atoms with Crippen molar-refractivity contribution >= 4 is 11.9 Å². The number of aryl methyl sites for hydroxylation is 1. The average Bonchev–Trinajstić information content (AvgIpc) is 2.32. The first-order chi connectivity index (χ1) is 8.16. The molecule has 3 nitrogen and oxygen atoms in total. The Balaban J connectivity index is 2.32. The van der Waals surface area contributed by atoms with Gasteiger partial charge in [0.05, 0.1) is 0 Å². The van der Waals surface area contributed by atoms with E-state index in [-0.39, 0.29) is 11.5 Å². The number of hydrogen-bond donors (Lipinski definition) is 2. The maximum Gasteiger partial charge on any atom is 0.141 e. The van der Waals surface area contributed by atoms with Crippen LogP contribution in [-0.2, 0) is 0 Å². The molecular weight excluding hydrogens is 214 g/mol. The highest BCUT2D eigenvalue weighted by Gasteiger charge is 1.99. The predicted octanol–water partition coefficient (Wildman–Crippen LogP) is 3.16. The van der Waals surface area contributed by atoms with Crippen LogP contribution in [0.2, 0.25) is 0 Å². The van der Waals surface area contributed by atoms with Crippen molar-refractivity contribution in [2.45, 2.75) is 6.92 Å². The zero-order valence-electron chi connectivity index (χ0n) is 9.46. The van der Waals surface area contributed by atoms with E-state index in [2.05, 4.69) is 4.99 Å². The molecule has 86 valence electrons. The lowest BCUT2D eigenvalue weighted by Crippen LogP contribution is -1.81. The summed E-state index contributed by atoms with van der Waals surface area (Å²) < 4.78 is 0. The van der Waals surface area contributed by atoms with Crippen LogP contribution in [0.15, 0.2) is 47.5 Å². The monoisotopic (exact) mass is 227 g/mol. The van der Waals surface area contributed by atoms with Crippen LogP contribution in [0.3, 0.4) is 0 Å². The molecule has 0 bridgehead atoms. The van der Waals surface area contributed by atoms with Gasteiger partial charge in [-0.2, -0.15) is 0 Å². The Morgan fingerprint density at radius 1 is 1.00 bits per heavy atom. The molecule has 2 aromatic carbocycles. The lowest BCUT2D eigenvalue weighted by molar-refractivity contribution is 0.474. The van der Waals surface area contributed by atoms with Crippen molar-refractivity contribution in [1.29, 1.82) is 0 Å². The van der Waals surface area contributed by atoms with Crippen molar-refractivity contribution < 1.29 is 10.2 Å². The molecule has 2 rings (SSSR count). The number of para-hydroxylation sites is 1. The molecule has 2 aromatic rings. The van der Waals surface area contributed by atoms with Gasteiger partial charge in [-0.15, -0.1) is 0 Å². The van der Waals surface area contributed by atoms with Gasteiger partial charge >= 0.3 is 0 Å². The number of benzene rings is 2. The van der Waals surface area contributed by atoms with Gasteiger partial charge in [-0.05, 0) is 36.8 Å². The van der Waals surface area contributed by atoms with Gasteiger partial charge in [0.1, 0.15) is 17.2 Å². The largest absolute Gasteiger partial charge is 0.507 e. The minimum absolute atomic E-state index is 0.127. The third-order valence-electron chi connectivity index (χ3n) is 2.41. The standard InChI is InChI=1S/C14H13NO2/c1-10-6-7-14(17)12(8-10)15-9-11-4-2-3-5-13(11)16/h2-9,16-17H,1H3. The van der Waals surface area contributed by atoms with Gasteiger partial charge in [0.2, 0.25) is 0 Å². The van der Waals surface area contributed by atoms with Crippen LogP contribution in [-0.4, -0.2) is 16.4 Å². The molecule has 0 aromatic heterocycles. The van der Waals surface area contributed by atoms with Crippen LogP contribution in [0.5, 0.6) is 11.5 Å². The van der Waals surface area contributed by atoms with Gasteiger partial charge in [-0.3, -0.25) is 4.99 Å². The average molecular weight is 227 g/mol. The normalized spacial score (nSPS) is 10.9. The van der Waals surface area contributed by atoms with Crippen LogP contribution in [0.1, 0.15) is 11.1 Å². The second-order valence-corrected chi connectivity index (χ2v) is 3.81. The van der Waals surface area contributed by atoms with E-state index in [1.54, 1.807) is 30.3 Å². The minimum atomic E-state index is 0.127. The fourth-order valence-electron chi connectivity index (χ4n) is 1.47. The Morgan fingerprint density at radius 3 is 2.53 bits per heavy atom. The summed E-state index contributed by atoms with van der Waals surface area (Å²) in [5.41, 5.74) is 2.13. The van der Waals surface area contributed by atoms with Crippen molar-refractivity contribution in [3.63, 3.8) is 0 Å². The van der Waals surface area contributed by atoms with E-state index in [4.69, 9.17) is 0 Å². The Bertz CT molecular complexity index is 562. The highest BCUT2D eigenvalue weighted by Crippen LogP contribution is 2.27. The van der Waals surface area contributed by atoms with Crippen molar-refractivity contribution in [2.75, 3.05) is 0 Å². The lowest BCUT2D eigenvalue weighted by atomic mass is 10.2. The van der Waals surface area contributed by atoms with Gasteiger partial charge in [-0.25, -0.2) is 0 Å². The number of rotatable bonds is 2. The van der Waals surface area contributed by atoms with E-state index in [1.165, 1.54) is 6.21 Å². The van der Waals surface area contributed by atoms with Crippen molar-refractivity contribution in [2.24, 2.45) is 4.99 Å². The molecule has 0 aliphatic carbocycles. The fourth-order valence-corrected chi connectivity index (χ4v) is 1.47. The molecule has 0 atom stereocenters. The van der Waals surface area contributed by atoms with Crippen molar-refractivity contribution in [3.05, 3.63) is 53.6 Å². The smallest absolute Gasteiger partial charge is 0.141 e. The summed E-state index contributed by atoms with van der Waals surface area (Å²) in [5.74, 6) is 0.297. The Hall–Kier alpha value is -2.29. The first kappa shape index (κ1) is 11.2. The zero-order valence-corrected chi connectivity index (χ0v) is 9.46.